The van der Waals surface area contributed by atoms with Gasteiger partial charge < -0.3 is 15.0 Å². The highest BCUT2D eigenvalue weighted by Crippen LogP contribution is 2.18. The van der Waals surface area contributed by atoms with Crippen molar-refractivity contribution in [3.8, 4) is 0 Å². The van der Waals surface area contributed by atoms with Crippen molar-refractivity contribution in [2.24, 2.45) is 0 Å². The molecule has 0 radical (unpaired) electrons. The van der Waals surface area contributed by atoms with Gasteiger partial charge in [-0.15, -0.1) is 0 Å². The summed E-state index contributed by atoms with van der Waals surface area (Å²) in [7, 11) is 1.42. The number of hydrogen-bond acceptors (Lipinski definition) is 3. The third-order valence-electron chi connectivity index (χ3n) is 4.45. The summed E-state index contributed by atoms with van der Waals surface area (Å²) >= 11 is 0. The maximum Gasteiger partial charge on any atom is 0.409 e. The molecule has 2 aliphatic rings. The Morgan fingerprint density at radius 3 is 2.18 bits per heavy atom. The van der Waals surface area contributed by atoms with E-state index >= 15 is 0 Å². The number of fused-ring (bicyclic) bond motifs is 1. The van der Waals surface area contributed by atoms with Crippen molar-refractivity contribution in [1.29, 1.82) is 0 Å². The lowest BCUT2D eigenvalue weighted by molar-refractivity contribution is -0.122. The summed E-state index contributed by atoms with van der Waals surface area (Å²) in [5.74, 6) is 0.0359. The maximum atomic E-state index is 11.9. The van der Waals surface area contributed by atoms with Gasteiger partial charge in [0.05, 0.1) is 7.11 Å². The van der Waals surface area contributed by atoms with Gasteiger partial charge in [-0.1, -0.05) is 42.5 Å². The van der Waals surface area contributed by atoms with Crippen LogP contribution in [-0.4, -0.2) is 37.1 Å². The zero-order chi connectivity index (χ0) is 20.2. The first-order chi connectivity index (χ1) is 13.6. The predicted octanol–water partition coefficient (Wildman–Crippen LogP) is 3.92. The smallest absolute Gasteiger partial charge is 0.409 e. The van der Waals surface area contributed by atoms with Gasteiger partial charge in [-0.25, -0.2) is 9.18 Å². The van der Waals surface area contributed by atoms with Crippen molar-refractivity contribution >= 4 is 12.0 Å². The minimum atomic E-state index is -0.237. The molecule has 1 fully saturated rings. The van der Waals surface area contributed by atoms with Crippen LogP contribution >= 0.6 is 0 Å². The molecule has 5 nitrogen and oxygen atoms in total. The van der Waals surface area contributed by atoms with Gasteiger partial charge in [-0.3, -0.25) is 4.79 Å². The van der Waals surface area contributed by atoms with Crippen molar-refractivity contribution in [2.75, 3.05) is 20.2 Å². The monoisotopic (exact) mass is 386 g/mol. The average Bonchev–Trinajstić information content (AvgIpc) is 2.75. The van der Waals surface area contributed by atoms with Gasteiger partial charge >= 0.3 is 6.09 Å². The highest BCUT2D eigenvalue weighted by Gasteiger charge is 2.20. The van der Waals surface area contributed by atoms with E-state index in [-0.39, 0.29) is 17.8 Å². The zero-order valence-electron chi connectivity index (χ0n) is 16.2. The van der Waals surface area contributed by atoms with Crippen LogP contribution in [0.1, 0.15) is 30.4 Å². The van der Waals surface area contributed by atoms with Gasteiger partial charge in [-0.2, -0.15) is 0 Å². The maximum absolute atomic E-state index is 11.9. The van der Waals surface area contributed by atoms with Crippen LogP contribution in [0.2, 0.25) is 0 Å². The summed E-state index contributed by atoms with van der Waals surface area (Å²) in [6.07, 6.45) is 3.66. The molecule has 4 rings (SSSR count). The molecule has 0 aliphatic carbocycles. The Morgan fingerprint density at radius 1 is 1.00 bits per heavy atom. The molecular weight excluding hydrogens is 359 g/mol. The second-order valence-electron chi connectivity index (χ2n) is 6.51. The predicted molar refractivity (Wildman–Crippen MR) is 106 cm³/mol. The van der Waals surface area contributed by atoms with Crippen molar-refractivity contribution in [3.63, 3.8) is 0 Å². The molecule has 2 aliphatic heterocycles. The Kier molecular flexibility index (Phi) is 8.98. The number of halogens is 1. The lowest BCUT2D eigenvalue weighted by Gasteiger charge is -2.27. The highest BCUT2D eigenvalue weighted by molar-refractivity contribution is 5.76. The Balaban J connectivity index is 0.000000168. The van der Waals surface area contributed by atoms with Crippen LogP contribution in [0.15, 0.2) is 54.6 Å². The number of hydrogen-bond donors (Lipinski definition) is 1. The molecule has 150 valence electrons. The lowest BCUT2D eigenvalue weighted by Crippen LogP contribution is -2.35. The van der Waals surface area contributed by atoms with E-state index < -0.39 is 0 Å². The average molecular weight is 386 g/mol. The molecule has 0 spiro atoms. The number of nitrogens with one attached hydrogen (secondary N) is 1. The summed E-state index contributed by atoms with van der Waals surface area (Å²) in [6.45, 7) is 2.31. The van der Waals surface area contributed by atoms with Gasteiger partial charge in [-0.05, 0) is 42.5 Å². The molecule has 1 N–H and O–H groups in total. The van der Waals surface area contributed by atoms with Crippen LogP contribution in [0.3, 0.4) is 0 Å². The van der Waals surface area contributed by atoms with E-state index in [2.05, 4.69) is 17.4 Å². The fraction of sp³-hybridized carbons (Fsp3) is 0.364. The van der Waals surface area contributed by atoms with E-state index in [0.29, 0.717) is 6.54 Å². The zero-order valence-corrected chi connectivity index (χ0v) is 16.2. The second-order valence-corrected chi connectivity index (χ2v) is 6.51. The van der Waals surface area contributed by atoms with Crippen LogP contribution in [0.25, 0.3) is 0 Å². The number of amides is 2. The van der Waals surface area contributed by atoms with Crippen molar-refractivity contribution in [2.45, 2.75) is 32.2 Å². The molecular formula is C22H27FN2O3. The molecule has 0 aromatic heterocycles. The van der Waals surface area contributed by atoms with E-state index in [1.807, 2.05) is 12.1 Å². The van der Waals surface area contributed by atoms with Crippen LogP contribution < -0.4 is 5.32 Å². The Morgan fingerprint density at radius 2 is 1.68 bits per heavy atom. The number of carbonyl (C=O) groups is 2. The summed E-state index contributed by atoms with van der Waals surface area (Å²) in [4.78, 5) is 23.4. The number of nitrogens with zero attached hydrogens (tertiary/aromatic N) is 1. The quantitative estimate of drug-likeness (QED) is 0.747. The van der Waals surface area contributed by atoms with Gasteiger partial charge in [0, 0.05) is 26.1 Å². The van der Waals surface area contributed by atoms with Crippen LogP contribution in [0.4, 0.5) is 9.18 Å². The van der Waals surface area contributed by atoms with E-state index in [1.54, 1.807) is 23.1 Å². The van der Waals surface area contributed by atoms with Gasteiger partial charge in [0.1, 0.15) is 5.82 Å². The molecule has 2 aromatic carbocycles. The highest BCUT2D eigenvalue weighted by atomic mass is 19.1. The van der Waals surface area contributed by atoms with Gasteiger partial charge in [0.2, 0.25) is 5.91 Å². The first kappa shape index (κ1) is 21.4. The van der Waals surface area contributed by atoms with E-state index in [0.717, 1.165) is 38.8 Å². The summed E-state index contributed by atoms with van der Waals surface area (Å²) in [5.41, 5.74) is 2.57. The van der Waals surface area contributed by atoms with Gasteiger partial charge in [0.25, 0.3) is 0 Å². The first-order valence-corrected chi connectivity index (χ1v) is 9.47. The molecule has 0 bridgehead atoms. The van der Waals surface area contributed by atoms with E-state index in [4.69, 9.17) is 4.74 Å². The number of ether oxygens (including phenoxy) is 1. The topological polar surface area (TPSA) is 58.6 Å². The molecule has 28 heavy (non-hydrogen) atoms. The van der Waals surface area contributed by atoms with E-state index in [1.165, 1.54) is 30.4 Å². The molecule has 2 amide bonds. The van der Waals surface area contributed by atoms with E-state index in [9.17, 15) is 14.0 Å². The fourth-order valence-electron chi connectivity index (χ4n) is 2.92. The molecule has 6 heteroatoms. The Labute approximate surface area is 165 Å². The molecule has 2 heterocycles. The second kappa shape index (κ2) is 11.7. The SMILES string of the molecule is COC(=O)N1CCc2ccccc2C1.Fc1ccccc1.O=C1CCCCN1. The third kappa shape index (κ3) is 7.39. The van der Waals surface area contributed by atoms with Crippen LogP contribution in [-0.2, 0) is 22.5 Å². The molecule has 0 atom stereocenters. The molecule has 0 saturated carbocycles. The molecule has 1 saturated heterocycles. The van der Waals surface area contributed by atoms with Crippen molar-refractivity contribution in [3.05, 3.63) is 71.5 Å². The van der Waals surface area contributed by atoms with Gasteiger partial charge in [0.15, 0.2) is 0 Å². The number of piperidine rings is 1. The summed E-state index contributed by atoms with van der Waals surface area (Å²) in [5, 5.41) is 2.74. The largest absolute Gasteiger partial charge is 0.453 e. The number of rotatable bonds is 0. The van der Waals surface area contributed by atoms with Crippen LogP contribution in [0, 0.1) is 5.82 Å². The minimum Gasteiger partial charge on any atom is -0.453 e. The normalized spacial score (nSPS) is 14.9. The lowest BCUT2D eigenvalue weighted by atomic mass is 10.0. The first-order valence-electron chi connectivity index (χ1n) is 9.47. The Hall–Kier alpha value is -2.89. The third-order valence-corrected chi connectivity index (χ3v) is 4.45. The van der Waals surface area contributed by atoms with Crippen molar-refractivity contribution in [1.82, 2.24) is 10.2 Å². The number of methoxy groups -OCH3 is 1. The van der Waals surface area contributed by atoms with Crippen LogP contribution in [0.5, 0.6) is 0 Å². The standard InChI is InChI=1S/C11H13NO2.C6H5F.C5H9NO/c1-14-11(13)12-7-6-9-4-2-3-5-10(9)8-12;7-6-4-2-1-3-5-6;7-5-3-1-2-4-6-5/h2-5H,6-8H2,1H3;1-5H;1-4H2,(H,6,7). The minimum absolute atomic E-state index is 0.178. The summed E-state index contributed by atoms with van der Waals surface area (Å²) < 4.78 is 16.6. The molecule has 2 aromatic rings. The summed E-state index contributed by atoms with van der Waals surface area (Å²) in [6, 6.07) is 16.1. The fourth-order valence-corrected chi connectivity index (χ4v) is 2.92. The number of carbonyl (C=O) groups excluding carboxylic acids is 2. The number of benzene rings is 2. The molecule has 0 unspecified atom stereocenters. The van der Waals surface area contributed by atoms with Crippen molar-refractivity contribution < 1.29 is 18.7 Å². The Bertz CT molecular complexity index is 744.